The van der Waals surface area contributed by atoms with E-state index in [9.17, 15) is 0 Å². The molecule has 0 amide bonds. The summed E-state index contributed by atoms with van der Waals surface area (Å²) in [4.78, 5) is 11.8. The number of piperidine rings is 1. The quantitative estimate of drug-likeness (QED) is 0.392. The molecular formula is C21H39N5O. The number of nitrogens with zero attached hydrogens (tertiary/aromatic N) is 3. The van der Waals surface area contributed by atoms with Crippen molar-refractivity contribution in [3.05, 3.63) is 17.3 Å². The molecule has 0 aliphatic carbocycles. The lowest BCUT2D eigenvalue weighted by Gasteiger charge is -2.30. The minimum absolute atomic E-state index is 0.667. The van der Waals surface area contributed by atoms with Gasteiger partial charge in [0.15, 0.2) is 5.96 Å². The molecular weight excluding hydrogens is 338 g/mol. The highest BCUT2D eigenvalue weighted by Gasteiger charge is 2.20. The lowest BCUT2D eigenvalue weighted by atomic mass is 9.97. The van der Waals surface area contributed by atoms with E-state index in [2.05, 4.69) is 41.3 Å². The number of aliphatic imine (C=N–C) groups is 1. The monoisotopic (exact) mass is 377 g/mol. The van der Waals surface area contributed by atoms with E-state index < -0.39 is 0 Å². The number of hydrogen-bond donors (Lipinski definition) is 2. The van der Waals surface area contributed by atoms with Crippen molar-refractivity contribution in [2.24, 2.45) is 16.8 Å². The van der Waals surface area contributed by atoms with Crippen LogP contribution < -0.4 is 10.6 Å². The van der Waals surface area contributed by atoms with Crippen molar-refractivity contribution in [3.8, 4) is 0 Å². The van der Waals surface area contributed by atoms with Crippen LogP contribution in [0, 0.1) is 25.7 Å². The van der Waals surface area contributed by atoms with Gasteiger partial charge in [0.05, 0.1) is 12.2 Å². The molecule has 1 aliphatic heterocycles. The fourth-order valence-corrected chi connectivity index (χ4v) is 3.40. The van der Waals surface area contributed by atoms with Crippen molar-refractivity contribution >= 4 is 5.96 Å². The fraction of sp³-hybridized carbons (Fsp3) is 0.810. The molecule has 2 rings (SSSR count). The predicted molar refractivity (Wildman–Crippen MR) is 112 cm³/mol. The van der Waals surface area contributed by atoms with Crippen molar-refractivity contribution in [1.29, 1.82) is 0 Å². The maximum atomic E-state index is 5.72. The molecule has 2 N–H and O–H groups in total. The van der Waals surface area contributed by atoms with Crippen molar-refractivity contribution in [2.75, 3.05) is 32.7 Å². The summed E-state index contributed by atoms with van der Waals surface area (Å²) in [6.45, 7) is 16.5. The summed E-state index contributed by atoms with van der Waals surface area (Å²) >= 11 is 0. The first-order chi connectivity index (χ1) is 13.0. The van der Waals surface area contributed by atoms with Gasteiger partial charge in [-0.2, -0.15) is 0 Å². The van der Waals surface area contributed by atoms with E-state index in [1.807, 2.05) is 13.8 Å². The molecule has 1 saturated heterocycles. The van der Waals surface area contributed by atoms with Crippen LogP contribution in [-0.4, -0.2) is 48.6 Å². The summed E-state index contributed by atoms with van der Waals surface area (Å²) in [5.74, 6) is 4.18. The normalized spacial score (nSPS) is 16.9. The Kier molecular flexibility index (Phi) is 9.11. The highest BCUT2D eigenvalue weighted by molar-refractivity contribution is 5.79. The standard InChI is InChI=1S/C21H39N5O/c1-6-22-21(23-11-7-8-16(2)3)24-14-19-9-12-26(13-10-19)15-20-25-17(4)18(5)27-20/h16,19H,6-15H2,1-5H3,(H2,22,23,24). The molecule has 2 heterocycles. The highest BCUT2D eigenvalue weighted by Crippen LogP contribution is 2.20. The Morgan fingerprint density at radius 1 is 1.26 bits per heavy atom. The summed E-state index contributed by atoms with van der Waals surface area (Å²) in [6, 6.07) is 0. The second kappa shape index (κ2) is 11.3. The van der Waals surface area contributed by atoms with Crippen molar-refractivity contribution in [1.82, 2.24) is 20.5 Å². The Morgan fingerprint density at radius 3 is 2.59 bits per heavy atom. The third-order valence-corrected chi connectivity index (χ3v) is 5.24. The smallest absolute Gasteiger partial charge is 0.208 e. The topological polar surface area (TPSA) is 65.7 Å². The van der Waals surface area contributed by atoms with Crippen molar-refractivity contribution < 1.29 is 4.42 Å². The van der Waals surface area contributed by atoms with Gasteiger partial charge < -0.3 is 15.1 Å². The number of oxazole rings is 1. The third kappa shape index (κ3) is 7.91. The van der Waals surface area contributed by atoms with Crippen LogP contribution in [-0.2, 0) is 6.54 Å². The summed E-state index contributed by atoms with van der Waals surface area (Å²) in [5, 5.41) is 6.84. The molecule has 0 spiro atoms. The second-order valence-electron chi connectivity index (χ2n) is 8.15. The zero-order valence-corrected chi connectivity index (χ0v) is 18.0. The molecule has 0 atom stereocenters. The summed E-state index contributed by atoms with van der Waals surface area (Å²) in [7, 11) is 0. The molecule has 0 saturated carbocycles. The van der Waals surface area contributed by atoms with Crippen LogP contribution in [0.1, 0.15) is 63.8 Å². The van der Waals surface area contributed by atoms with Crippen molar-refractivity contribution in [3.63, 3.8) is 0 Å². The number of rotatable bonds is 9. The van der Waals surface area contributed by atoms with E-state index in [4.69, 9.17) is 9.41 Å². The average Bonchev–Trinajstić information content (AvgIpc) is 2.95. The molecule has 6 heteroatoms. The van der Waals surface area contributed by atoms with Gasteiger partial charge in [-0.05, 0) is 71.4 Å². The maximum Gasteiger partial charge on any atom is 0.208 e. The molecule has 1 aliphatic rings. The first-order valence-corrected chi connectivity index (χ1v) is 10.6. The van der Waals surface area contributed by atoms with Crippen LogP contribution in [0.15, 0.2) is 9.41 Å². The molecule has 154 valence electrons. The zero-order valence-electron chi connectivity index (χ0n) is 18.0. The molecule has 6 nitrogen and oxygen atoms in total. The van der Waals surface area contributed by atoms with Gasteiger partial charge >= 0.3 is 0 Å². The number of likely N-dealkylation sites (tertiary alicyclic amines) is 1. The molecule has 1 aromatic heterocycles. The van der Waals surface area contributed by atoms with Gasteiger partial charge in [0.2, 0.25) is 5.89 Å². The number of aromatic nitrogens is 1. The third-order valence-electron chi connectivity index (χ3n) is 5.24. The number of aryl methyl sites for hydroxylation is 2. The molecule has 0 aromatic carbocycles. The molecule has 0 bridgehead atoms. The van der Waals surface area contributed by atoms with E-state index in [0.717, 1.165) is 68.5 Å². The fourth-order valence-electron chi connectivity index (χ4n) is 3.40. The number of hydrogen-bond acceptors (Lipinski definition) is 4. The van der Waals surface area contributed by atoms with E-state index in [1.54, 1.807) is 0 Å². The first-order valence-electron chi connectivity index (χ1n) is 10.6. The van der Waals surface area contributed by atoms with Crippen LogP contribution in [0.5, 0.6) is 0 Å². The van der Waals surface area contributed by atoms with Gasteiger partial charge in [0.1, 0.15) is 5.76 Å². The Bertz CT molecular complexity index is 554. The van der Waals surface area contributed by atoms with Crippen LogP contribution >= 0.6 is 0 Å². The minimum Gasteiger partial charge on any atom is -0.444 e. The van der Waals surface area contributed by atoms with Gasteiger partial charge in [-0.25, -0.2) is 4.98 Å². The summed E-state index contributed by atoms with van der Waals surface area (Å²) in [5.41, 5.74) is 1.01. The van der Waals surface area contributed by atoms with Gasteiger partial charge in [0.25, 0.3) is 0 Å². The Balaban J connectivity index is 1.71. The van der Waals surface area contributed by atoms with Gasteiger partial charge in [-0.15, -0.1) is 0 Å². The SMILES string of the molecule is CCNC(=NCC1CCN(Cc2nc(C)c(C)o2)CC1)NCCCC(C)C. The highest BCUT2D eigenvalue weighted by atomic mass is 16.4. The average molecular weight is 378 g/mol. The number of nitrogens with one attached hydrogen (secondary N) is 2. The lowest BCUT2D eigenvalue weighted by Crippen LogP contribution is -2.39. The van der Waals surface area contributed by atoms with Crippen LogP contribution in [0.25, 0.3) is 0 Å². The van der Waals surface area contributed by atoms with E-state index in [0.29, 0.717) is 5.92 Å². The Labute approximate surface area is 165 Å². The molecule has 1 aromatic rings. The minimum atomic E-state index is 0.667. The van der Waals surface area contributed by atoms with Gasteiger partial charge in [-0.3, -0.25) is 9.89 Å². The van der Waals surface area contributed by atoms with E-state index >= 15 is 0 Å². The van der Waals surface area contributed by atoms with Crippen molar-refractivity contribution in [2.45, 2.75) is 66.8 Å². The Hall–Kier alpha value is -1.56. The zero-order chi connectivity index (χ0) is 19.6. The number of guanidine groups is 1. The van der Waals surface area contributed by atoms with Crippen LogP contribution in [0.4, 0.5) is 0 Å². The molecule has 0 radical (unpaired) electrons. The first kappa shape index (κ1) is 21.7. The Morgan fingerprint density at radius 2 is 2.00 bits per heavy atom. The largest absolute Gasteiger partial charge is 0.444 e. The maximum absolute atomic E-state index is 5.72. The summed E-state index contributed by atoms with van der Waals surface area (Å²) in [6.07, 6.45) is 4.83. The van der Waals surface area contributed by atoms with E-state index in [1.165, 1.54) is 25.7 Å². The van der Waals surface area contributed by atoms with Crippen LogP contribution in [0.2, 0.25) is 0 Å². The van der Waals surface area contributed by atoms with Gasteiger partial charge in [0, 0.05) is 19.6 Å². The lowest BCUT2D eigenvalue weighted by molar-refractivity contribution is 0.166. The predicted octanol–water partition coefficient (Wildman–Crippen LogP) is 3.49. The van der Waals surface area contributed by atoms with E-state index in [-0.39, 0.29) is 0 Å². The molecule has 27 heavy (non-hydrogen) atoms. The summed E-state index contributed by atoms with van der Waals surface area (Å²) < 4.78 is 5.72. The molecule has 1 fully saturated rings. The second-order valence-corrected chi connectivity index (χ2v) is 8.15. The van der Waals surface area contributed by atoms with Crippen LogP contribution in [0.3, 0.4) is 0 Å². The molecule has 0 unspecified atom stereocenters. The van der Waals surface area contributed by atoms with Gasteiger partial charge in [-0.1, -0.05) is 13.8 Å².